The normalized spacial score (nSPS) is 19.0. The summed E-state index contributed by atoms with van der Waals surface area (Å²) in [5.41, 5.74) is -1.32. The Kier molecular flexibility index (Phi) is 4.63. The van der Waals surface area contributed by atoms with Gasteiger partial charge in [-0.1, -0.05) is 6.07 Å². The van der Waals surface area contributed by atoms with Gasteiger partial charge in [-0.25, -0.2) is 13.6 Å². The van der Waals surface area contributed by atoms with Crippen LogP contribution < -0.4 is 10.6 Å². The van der Waals surface area contributed by atoms with Crippen LogP contribution in [-0.4, -0.2) is 29.3 Å². The Labute approximate surface area is 156 Å². The zero-order valence-corrected chi connectivity index (χ0v) is 14.7. The molecule has 2 aromatic rings. The number of benzene rings is 1. The van der Waals surface area contributed by atoms with Crippen molar-refractivity contribution in [2.24, 2.45) is 0 Å². The van der Waals surface area contributed by atoms with Gasteiger partial charge in [-0.3, -0.25) is 14.5 Å². The maximum Gasteiger partial charge on any atom is 0.325 e. The molecule has 0 spiro atoms. The molecule has 10 heteroatoms. The second kappa shape index (κ2) is 6.77. The van der Waals surface area contributed by atoms with Gasteiger partial charge in [-0.2, -0.15) is 5.26 Å². The molecule has 3 rings (SSSR count). The highest BCUT2D eigenvalue weighted by Crippen LogP contribution is 2.30. The lowest BCUT2D eigenvalue weighted by Gasteiger charge is -2.22. The Balaban J connectivity index is 1.78. The predicted molar refractivity (Wildman–Crippen MR) is 91.6 cm³/mol. The van der Waals surface area contributed by atoms with E-state index in [0.29, 0.717) is 9.90 Å². The van der Waals surface area contributed by atoms with Crippen molar-refractivity contribution in [1.29, 1.82) is 5.26 Å². The number of carbonyl (C=O) groups is 3. The number of imide groups is 1. The number of thiophene rings is 1. The molecule has 0 saturated carbocycles. The van der Waals surface area contributed by atoms with E-state index >= 15 is 0 Å². The Morgan fingerprint density at radius 1 is 1.33 bits per heavy atom. The molecule has 4 amide bonds. The van der Waals surface area contributed by atoms with Crippen molar-refractivity contribution in [2.75, 3.05) is 11.9 Å². The second-order valence-corrected chi connectivity index (χ2v) is 6.81. The summed E-state index contributed by atoms with van der Waals surface area (Å²) < 4.78 is 26.7. The van der Waals surface area contributed by atoms with Crippen LogP contribution in [0, 0.1) is 23.0 Å². The van der Waals surface area contributed by atoms with E-state index in [4.69, 9.17) is 5.26 Å². The lowest BCUT2D eigenvalue weighted by molar-refractivity contribution is -0.133. The summed E-state index contributed by atoms with van der Waals surface area (Å²) in [6, 6.07) is 5.45. The third-order valence-electron chi connectivity index (χ3n) is 4.11. The fourth-order valence-corrected chi connectivity index (χ4v) is 3.40. The number of nitriles is 1. The molecule has 1 unspecified atom stereocenters. The van der Waals surface area contributed by atoms with Crippen LogP contribution in [0.4, 0.5) is 18.6 Å². The van der Waals surface area contributed by atoms with Gasteiger partial charge in [-0.15, -0.1) is 11.3 Å². The number of hydrogen-bond donors (Lipinski definition) is 2. The largest absolute Gasteiger partial charge is 0.325 e. The van der Waals surface area contributed by atoms with Crippen LogP contribution in [0.2, 0.25) is 0 Å². The summed E-state index contributed by atoms with van der Waals surface area (Å²) in [4.78, 5) is 37.7. The summed E-state index contributed by atoms with van der Waals surface area (Å²) in [6.45, 7) is 0.748. The molecule has 1 aromatic heterocycles. The van der Waals surface area contributed by atoms with Gasteiger partial charge in [-0.05, 0) is 36.1 Å². The number of rotatable bonds is 4. The molecule has 1 aliphatic rings. The van der Waals surface area contributed by atoms with E-state index in [2.05, 4.69) is 10.6 Å². The van der Waals surface area contributed by atoms with Crippen LogP contribution >= 0.6 is 11.3 Å². The van der Waals surface area contributed by atoms with E-state index in [1.165, 1.54) is 19.1 Å². The van der Waals surface area contributed by atoms with Crippen LogP contribution in [0.25, 0.3) is 0 Å². The van der Waals surface area contributed by atoms with Gasteiger partial charge < -0.3 is 10.6 Å². The fourth-order valence-electron chi connectivity index (χ4n) is 2.65. The molecular formula is C17H12F2N4O3S. The molecule has 27 heavy (non-hydrogen) atoms. The molecule has 0 radical (unpaired) electrons. The van der Waals surface area contributed by atoms with E-state index < -0.39 is 41.6 Å². The second-order valence-electron chi connectivity index (χ2n) is 5.90. The van der Waals surface area contributed by atoms with Crippen molar-refractivity contribution in [3.63, 3.8) is 0 Å². The third-order valence-corrected chi connectivity index (χ3v) is 4.94. The third kappa shape index (κ3) is 3.24. The molecule has 1 saturated heterocycles. The predicted octanol–water partition coefficient (Wildman–Crippen LogP) is 2.30. The van der Waals surface area contributed by atoms with Crippen LogP contribution in [0.15, 0.2) is 29.6 Å². The van der Waals surface area contributed by atoms with Crippen molar-refractivity contribution in [3.05, 3.63) is 52.4 Å². The maximum atomic E-state index is 13.5. The first-order valence-corrected chi connectivity index (χ1v) is 8.51. The Morgan fingerprint density at radius 3 is 2.74 bits per heavy atom. The Hall–Kier alpha value is -3.32. The molecule has 1 fully saturated rings. The highest BCUT2D eigenvalue weighted by Gasteiger charge is 2.49. The number of amides is 4. The van der Waals surface area contributed by atoms with Crippen LogP contribution in [0.1, 0.15) is 18.1 Å². The standard InChI is InChI=1S/C17H12F2N4O3S/c1-17(10-2-3-11(18)12(19)6-10)15(25)23(16(26)22-17)8-13(24)21-14-9(7-20)4-5-27-14/h2-6H,8H2,1H3,(H,21,24)(H,22,26). The summed E-state index contributed by atoms with van der Waals surface area (Å²) in [5, 5.41) is 15.7. The van der Waals surface area contributed by atoms with E-state index in [-0.39, 0.29) is 11.1 Å². The number of nitrogens with zero attached hydrogens (tertiary/aromatic N) is 2. The van der Waals surface area contributed by atoms with Gasteiger partial charge >= 0.3 is 6.03 Å². The lowest BCUT2D eigenvalue weighted by atomic mass is 9.92. The van der Waals surface area contributed by atoms with E-state index in [1.54, 1.807) is 5.38 Å². The van der Waals surface area contributed by atoms with Gasteiger partial charge in [0.25, 0.3) is 5.91 Å². The first-order chi connectivity index (χ1) is 12.8. The molecule has 0 aliphatic carbocycles. The minimum atomic E-state index is -1.63. The molecule has 1 aliphatic heterocycles. The Bertz CT molecular complexity index is 1000. The number of urea groups is 1. The van der Waals surface area contributed by atoms with Gasteiger partial charge in [0, 0.05) is 0 Å². The first-order valence-electron chi connectivity index (χ1n) is 7.63. The zero-order chi connectivity index (χ0) is 19.8. The molecule has 0 bridgehead atoms. The minimum Gasteiger partial charge on any atom is -0.319 e. The van der Waals surface area contributed by atoms with Crippen molar-refractivity contribution >= 4 is 34.2 Å². The van der Waals surface area contributed by atoms with Crippen molar-refractivity contribution in [3.8, 4) is 6.07 Å². The van der Waals surface area contributed by atoms with Crippen LogP contribution in [0.5, 0.6) is 0 Å². The Morgan fingerprint density at radius 2 is 2.07 bits per heavy atom. The van der Waals surface area contributed by atoms with Gasteiger partial charge in [0.15, 0.2) is 11.6 Å². The maximum absolute atomic E-state index is 13.5. The molecule has 1 atom stereocenters. The first kappa shape index (κ1) is 18.5. The molecule has 1 aromatic carbocycles. The van der Waals surface area contributed by atoms with Gasteiger partial charge in [0.1, 0.15) is 23.2 Å². The summed E-state index contributed by atoms with van der Waals surface area (Å²) >= 11 is 1.13. The van der Waals surface area contributed by atoms with Gasteiger partial charge in [0.05, 0.1) is 5.56 Å². The fraction of sp³-hybridized carbons (Fsp3) is 0.176. The zero-order valence-electron chi connectivity index (χ0n) is 13.9. The molecule has 7 nitrogen and oxygen atoms in total. The average Bonchev–Trinajstić information content (AvgIpc) is 3.15. The lowest BCUT2D eigenvalue weighted by Crippen LogP contribution is -2.42. The number of carbonyl (C=O) groups excluding carboxylic acids is 3. The van der Waals surface area contributed by atoms with Gasteiger partial charge in [0.2, 0.25) is 5.91 Å². The van der Waals surface area contributed by atoms with Crippen molar-refractivity contribution < 1.29 is 23.2 Å². The number of hydrogen-bond acceptors (Lipinski definition) is 5. The highest BCUT2D eigenvalue weighted by molar-refractivity contribution is 7.14. The number of nitrogens with one attached hydrogen (secondary N) is 2. The molecule has 2 heterocycles. The SMILES string of the molecule is CC1(c2ccc(F)c(F)c2)NC(=O)N(CC(=O)Nc2sccc2C#N)C1=O. The number of halogens is 2. The monoisotopic (exact) mass is 390 g/mol. The van der Waals surface area contributed by atoms with Crippen molar-refractivity contribution in [1.82, 2.24) is 10.2 Å². The summed E-state index contributed by atoms with van der Waals surface area (Å²) in [5.74, 6) is -3.69. The quantitative estimate of drug-likeness (QED) is 0.782. The van der Waals surface area contributed by atoms with Crippen molar-refractivity contribution in [2.45, 2.75) is 12.5 Å². The van der Waals surface area contributed by atoms with Crippen LogP contribution in [-0.2, 0) is 15.1 Å². The smallest absolute Gasteiger partial charge is 0.319 e. The molecule has 138 valence electrons. The molecule has 2 N–H and O–H groups in total. The van der Waals surface area contributed by atoms with Crippen LogP contribution in [0.3, 0.4) is 0 Å². The number of anilines is 1. The molecular weight excluding hydrogens is 378 g/mol. The average molecular weight is 390 g/mol. The topological polar surface area (TPSA) is 102 Å². The van der Waals surface area contributed by atoms with E-state index in [0.717, 1.165) is 23.5 Å². The van der Waals surface area contributed by atoms with E-state index in [9.17, 15) is 23.2 Å². The summed E-state index contributed by atoms with van der Waals surface area (Å²) in [7, 11) is 0. The highest BCUT2D eigenvalue weighted by atomic mass is 32.1. The van der Waals surface area contributed by atoms with E-state index in [1.807, 2.05) is 6.07 Å². The summed E-state index contributed by atoms with van der Waals surface area (Å²) in [6.07, 6.45) is 0. The minimum absolute atomic E-state index is 0.0488.